The van der Waals surface area contributed by atoms with Crippen LogP contribution in [0.5, 0.6) is 0 Å². The van der Waals surface area contributed by atoms with Crippen molar-refractivity contribution in [1.29, 1.82) is 0 Å². The summed E-state index contributed by atoms with van der Waals surface area (Å²) in [5, 5.41) is -5.27. The zero-order chi connectivity index (χ0) is 25.1. The van der Waals surface area contributed by atoms with E-state index in [1.807, 2.05) is 0 Å². The van der Waals surface area contributed by atoms with Crippen molar-refractivity contribution in [3.63, 3.8) is 0 Å². The van der Waals surface area contributed by atoms with E-state index in [9.17, 15) is 31.6 Å². The minimum absolute atomic E-state index is 0.0368. The molecule has 3 aliphatic heterocycles. The summed E-state index contributed by atoms with van der Waals surface area (Å²) >= 11 is 3.21. The second-order valence-electron chi connectivity index (χ2n) is 10.2. The maximum absolute atomic E-state index is 13.9. The maximum atomic E-state index is 13.9. The predicted octanol–water partition coefficient (Wildman–Crippen LogP) is 1.92. The zero-order valence-electron chi connectivity index (χ0n) is 18.3. The molecule has 0 amide bonds. The molecular formula is C20H22F2O10S3. The van der Waals surface area contributed by atoms with Gasteiger partial charge >= 0.3 is 33.3 Å². The Labute approximate surface area is 207 Å². The van der Waals surface area contributed by atoms with Crippen LogP contribution in [0.1, 0.15) is 39.0 Å². The molecule has 4 saturated carbocycles. The maximum Gasteiger partial charge on any atom is 0.465 e. The van der Waals surface area contributed by atoms with Crippen LogP contribution in [0, 0.1) is 23.7 Å². The lowest BCUT2D eigenvalue weighted by molar-refractivity contribution is -0.202. The molecule has 194 valence electrons. The molecular weight excluding hydrogens is 534 g/mol. The van der Waals surface area contributed by atoms with E-state index in [1.54, 1.807) is 23.5 Å². The molecule has 7 fully saturated rings. The minimum Gasteiger partial charge on any atom is -0.454 e. The SMILES string of the molecule is CC(=O)OC1OC(=O)C2C1OC1SC3(SC12)C1CC2CC3CC(OC(=O)C(F)(F)S(=O)(=O)O)(C2)C1. The second kappa shape index (κ2) is 7.45. The Hall–Kier alpha value is -1.16. The summed E-state index contributed by atoms with van der Waals surface area (Å²) in [5.74, 6) is -3.86. The Morgan fingerprint density at radius 2 is 1.83 bits per heavy atom. The Morgan fingerprint density at radius 3 is 2.43 bits per heavy atom. The first-order valence-corrected chi connectivity index (χ1v) is 14.4. The van der Waals surface area contributed by atoms with Gasteiger partial charge in [-0.1, -0.05) is 0 Å². The number of alkyl halides is 2. The highest BCUT2D eigenvalue weighted by Gasteiger charge is 2.73. The highest BCUT2D eigenvalue weighted by molar-refractivity contribution is 8.22. The molecule has 7 rings (SSSR count). The summed E-state index contributed by atoms with van der Waals surface area (Å²) in [7, 11) is -5.95. The summed E-state index contributed by atoms with van der Waals surface area (Å²) in [4.78, 5) is 36.1. The van der Waals surface area contributed by atoms with Crippen molar-refractivity contribution in [2.75, 3.05) is 0 Å². The van der Waals surface area contributed by atoms with E-state index in [0.717, 1.165) is 12.8 Å². The molecule has 3 heterocycles. The molecule has 7 atom stereocenters. The van der Waals surface area contributed by atoms with E-state index in [2.05, 4.69) is 0 Å². The minimum atomic E-state index is -5.95. The van der Waals surface area contributed by atoms with Gasteiger partial charge in [0.2, 0.25) is 0 Å². The molecule has 4 bridgehead atoms. The highest BCUT2D eigenvalue weighted by Crippen LogP contribution is 2.75. The lowest BCUT2D eigenvalue weighted by Crippen LogP contribution is -2.62. The quantitative estimate of drug-likeness (QED) is 0.399. The van der Waals surface area contributed by atoms with Crippen molar-refractivity contribution < 1.29 is 55.1 Å². The van der Waals surface area contributed by atoms with Gasteiger partial charge < -0.3 is 18.9 Å². The molecule has 35 heavy (non-hydrogen) atoms. The monoisotopic (exact) mass is 556 g/mol. The number of hydrogen-bond donors (Lipinski definition) is 1. The zero-order valence-corrected chi connectivity index (χ0v) is 20.7. The Bertz CT molecular complexity index is 1100. The van der Waals surface area contributed by atoms with Crippen molar-refractivity contribution >= 4 is 51.5 Å². The van der Waals surface area contributed by atoms with E-state index in [0.29, 0.717) is 6.42 Å². The van der Waals surface area contributed by atoms with Crippen LogP contribution in [-0.2, 0) is 43.4 Å². The summed E-state index contributed by atoms with van der Waals surface area (Å²) in [6.45, 7) is 1.22. The van der Waals surface area contributed by atoms with Gasteiger partial charge in [0.1, 0.15) is 23.1 Å². The smallest absolute Gasteiger partial charge is 0.454 e. The molecule has 0 aromatic rings. The van der Waals surface area contributed by atoms with Crippen molar-refractivity contribution in [3.8, 4) is 0 Å². The third-order valence-electron chi connectivity index (χ3n) is 8.08. The molecule has 0 radical (unpaired) electrons. The summed E-state index contributed by atoms with van der Waals surface area (Å²) in [5.41, 5.74) is -1.57. The fraction of sp³-hybridized carbons (Fsp3) is 0.850. The molecule has 0 aromatic heterocycles. The largest absolute Gasteiger partial charge is 0.465 e. The number of ether oxygens (including phenoxy) is 4. The van der Waals surface area contributed by atoms with Gasteiger partial charge in [0.05, 0.1) is 9.33 Å². The average molecular weight is 557 g/mol. The first kappa shape index (κ1) is 24.2. The van der Waals surface area contributed by atoms with Crippen LogP contribution in [0.3, 0.4) is 0 Å². The fourth-order valence-corrected chi connectivity index (χ4v) is 11.8. The van der Waals surface area contributed by atoms with Gasteiger partial charge in [-0.05, 0) is 49.9 Å². The van der Waals surface area contributed by atoms with Crippen LogP contribution in [0.4, 0.5) is 8.78 Å². The number of halogens is 2. The first-order chi connectivity index (χ1) is 16.2. The third kappa shape index (κ3) is 3.40. The Kier molecular flexibility index (Phi) is 5.15. The lowest BCUT2D eigenvalue weighted by Gasteiger charge is -2.63. The molecule has 10 nitrogen and oxygen atoms in total. The second-order valence-corrected chi connectivity index (χ2v) is 14.8. The van der Waals surface area contributed by atoms with Gasteiger partial charge in [0, 0.05) is 6.92 Å². The lowest BCUT2D eigenvalue weighted by atomic mass is 9.53. The first-order valence-electron chi connectivity index (χ1n) is 11.2. The Morgan fingerprint density at radius 1 is 1.17 bits per heavy atom. The van der Waals surface area contributed by atoms with E-state index in [-0.39, 0.29) is 45.4 Å². The van der Waals surface area contributed by atoms with E-state index >= 15 is 0 Å². The van der Waals surface area contributed by atoms with Gasteiger partial charge in [0.25, 0.3) is 6.29 Å². The van der Waals surface area contributed by atoms with Crippen LogP contribution in [-0.4, -0.2) is 68.9 Å². The van der Waals surface area contributed by atoms with Gasteiger partial charge in [-0.15, -0.1) is 23.5 Å². The van der Waals surface area contributed by atoms with Gasteiger partial charge in [-0.3, -0.25) is 14.1 Å². The topological polar surface area (TPSA) is 142 Å². The van der Waals surface area contributed by atoms with Crippen molar-refractivity contribution in [2.24, 2.45) is 23.7 Å². The van der Waals surface area contributed by atoms with E-state index in [4.69, 9.17) is 23.5 Å². The number of esters is 3. The van der Waals surface area contributed by atoms with Crippen molar-refractivity contribution in [2.45, 2.75) is 77.0 Å². The number of thioether (sulfide) groups is 2. The molecule has 1 spiro atoms. The summed E-state index contributed by atoms with van der Waals surface area (Å²) in [6, 6.07) is 0. The van der Waals surface area contributed by atoms with Crippen LogP contribution in [0.2, 0.25) is 0 Å². The van der Waals surface area contributed by atoms with E-state index < -0.39 is 57.2 Å². The highest BCUT2D eigenvalue weighted by atomic mass is 32.2. The average Bonchev–Trinajstić information content (AvgIpc) is 3.33. The molecule has 4 aliphatic carbocycles. The van der Waals surface area contributed by atoms with Crippen LogP contribution in [0.15, 0.2) is 0 Å². The number of fused-ring (bicyclic) bond motifs is 3. The molecule has 7 aliphatic rings. The van der Waals surface area contributed by atoms with Gasteiger partial charge in [-0.2, -0.15) is 17.2 Å². The molecule has 0 aromatic carbocycles. The standard InChI is InChI=1S/C20H22F2O10S3/c1-7(23)29-15-12-11(14(24)31-15)13-16(30-12)34-19(33-13)9-2-8-3-10(19)6-18(4-8,5-9)32-17(25)20(21,22)35(26,27)28/h8-13,15-16H,2-6H2,1H3,(H,26,27,28). The van der Waals surface area contributed by atoms with Crippen LogP contribution in [0.25, 0.3) is 0 Å². The number of cyclic esters (lactones) is 1. The Balaban J connectivity index is 1.22. The van der Waals surface area contributed by atoms with Gasteiger partial charge in [-0.25, -0.2) is 4.79 Å². The predicted molar refractivity (Wildman–Crippen MR) is 114 cm³/mol. The van der Waals surface area contributed by atoms with Crippen LogP contribution < -0.4 is 0 Å². The molecule has 7 unspecified atom stereocenters. The summed E-state index contributed by atoms with van der Waals surface area (Å²) in [6.07, 6.45) is 0.729. The number of hydrogen-bond acceptors (Lipinski definition) is 11. The molecule has 15 heteroatoms. The van der Waals surface area contributed by atoms with Crippen molar-refractivity contribution in [1.82, 2.24) is 0 Å². The van der Waals surface area contributed by atoms with Crippen LogP contribution >= 0.6 is 23.5 Å². The fourth-order valence-electron chi connectivity index (χ4n) is 7.06. The van der Waals surface area contributed by atoms with Gasteiger partial charge in [0.15, 0.2) is 0 Å². The van der Waals surface area contributed by atoms with E-state index in [1.165, 1.54) is 6.92 Å². The number of rotatable bonds is 4. The normalized spacial score (nSPS) is 47.5. The molecule has 1 N–H and O–H groups in total. The van der Waals surface area contributed by atoms with Crippen molar-refractivity contribution in [3.05, 3.63) is 0 Å². The molecule has 3 saturated heterocycles. The summed E-state index contributed by atoms with van der Waals surface area (Å²) < 4.78 is 79.9. The number of carbonyl (C=O) groups excluding carboxylic acids is 3. The third-order valence-corrected chi connectivity index (χ3v) is 13.2. The number of carbonyl (C=O) groups is 3.